The molecule has 0 amide bonds. The second kappa shape index (κ2) is 7.94. The number of halogens is 3. The van der Waals surface area contributed by atoms with Crippen LogP contribution in [-0.4, -0.2) is 30.8 Å². The summed E-state index contributed by atoms with van der Waals surface area (Å²) >= 11 is 1.69. The number of nitrogens with one attached hydrogen (secondary N) is 2. The van der Waals surface area contributed by atoms with Crippen molar-refractivity contribution in [3.05, 3.63) is 41.2 Å². The number of benzene rings is 1. The zero-order valence-electron chi connectivity index (χ0n) is 12.2. The Morgan fingerprint density at radius 1 is 1.42 bits per heavy atom. The van der Waals surface area contributed by atoms with Crippen LogP contribution in [0, 0.1) is 0 Å². The minimum atomic E-state index is -3.43. The number of sulfonamides is 1. The summed E-state index contributed by atoms with van der Waals surface area (Å²) in [4.78, 5) is 0. The van der Waals surface area contributed by atoms with Crippen molar-refractivity contribution in [2.24, 2.45) is 3.21 Å². The van der Waals surface area contributed by atoms with Gasteiger partial charge in [0, 0.05) is 11.3 Å². The maximum Gasteiger partial charge on any atom is 0.263 e. The lowest BCUT2D eigenvalue weighted by Gasteiger charge is -2.09. The number of aromatic nitrogens is 2. The Morgan fingerprint density at radius 3 is 2.79 bits per heavy atom. The first-order chi connectivity index (χ1) is 11.3. The Labute approximate surface area is 150 Å². The quantitative estimate of drug-likeness (QED) is 0.380. The van der Waals surface area contributed by atoms with Gasteiger partial charge in [-0.05, 0) is 17.3 Å². The molecular formula is C12H12F2IN5O3S. The van der Waals surface area contributed by atoms with Gasteiger partial charge in [-0.15, -0.1) is 0 Å². The molecule has 0 aliphatic carbocycles. The lowest BCUT2D eigenvalue weighted by molar-refractivity contribution is 0.151. The molecule has 0 bridgehead atoms. The van der Waals surface area contributed by atoms with Crippen molar-refractivity contribution < 1.29 is 21.8 Å². The van der Waals surface area contributed by atoms with Gasteiger partial charge in [0.15, 0.2) is 11.5 Å². The third kappa shape index (κ3) is 5.17. The fourth-order valence-electron chi connectivity index (χ4n) is 1.71. The van der Waals surface area contributed by atoms with E-state index in [0.717, 1.165) is 6.26 Å². The van der Waals surface area contributed by atoms with Gasteiger partial charge in [-0.1, -0.05) is 17.3 Å². The highest BCUT2D eigenvalue weighted by atomic mass is 127. The molecule has 0 fully saturated rings. The molecule has 12 heteroatoms. The first-order valence-corrected chi connectivity index (χ1v) is 9.26. The third-order valence-electron chi connectivity index (χ3n) is 2.77. The van der Waals surface area contributed by atoms with Crippen LogP contribution in [0.1, 0.15) is 23.4 Å². The van der Waals surface area contributed by atoms with E-state index in [1.54, 1.807) is 28.9 Å². The molecule has 2 aromatic rings. The largest absolute Gasteiger partial charge is 0.338 e. The molecule has 2 N–H and O–H groups in total. The molecule has 0 spiro atoms. The van der Waals surface area contributed by atoms with E-state index in [-0.39, 0.29) is 29.3 Å². The summed E-state index contributed by atoms with van der Waals surface area (Å²) in [6.45, 7) is -0.147. The summed E-state index contributed by atoms with van der Waals surface area (Å²) in [5.41, 5.74) is 0.592. The van der Waals surface area contributed by atoms with Crippen molar-refractivity contribution in [2.45, 2.75) is 13.0 Å². The molecule has 1 heterocycles. The average molecular weight is 471 g/mol. The number of hydrogen-bond acceptors (Lipinski definition) is 6. The molecule has 0 radical (unpaired) electrons. The zero-order valence-corrected chi connectivity index (χ0v) is 15.2. The van der Waals surface area contributed by atoms with Gasteiger partial charge in [-0.2, -0.15) is 3.21 Å². The summed E-state index contributed by atoms with van der Waals surface area (Å²) < 4.78 is 58.7. The molecule has 0 unspecified atom stereocenters. The van der Waals surface area contributed by atoms with Crippen LogP contribution in [0.15, 0.2) is 32.1 Å². The number of anilines is 1. The van der Waals surface area contributed by atoms with Crippen LogP contribution >= 0.6 is 22.9 Å². The van der Waals surface area contributed by atoms with Crippen LogP contribution in [0.3, 0.4) is 0 Å². The average Bonchev–Trinajstić information content (AvgIpc) is 2.98. The normalized spacial score (nSPS) is 12.6. The predicted octanol–water partition coefficient (Wildman–Crippen LogP) is 2.27. The summed E-state index contributed by atoms with van der Waals surface area (Å²) in [5.74, 6) is 0.188. The van der Waals surface area contributed by atoms with Crippen molar-refractivity contribution in [2.75, 3.05) is 11.6 Å². The highest BCUT2D eigenvalue weighted by Crippen LogP contribution is 2.22. The third-order valence-corrected chi connectivity index (χ3v) is 3.92. The lowest BCUT2D eigenvalue weighted by atomic mass is 10.2. The Morgan fingerprint density at radius 2 is 2.17 bits per heavy atom. The first kappa shape index (κ1) is 18.7. The number of amidine groups is 1. The fourth-order valence-corrected chi connectivity index (χ4v) is 2.46. The Kier molecular flexibility index (Phi) is 6.17. The molecular weight excluding hydrogens is 459 g/mol. The topological polar surface area (TPSA) is 109 Å². The van der Waals surface area contributed by atoms with Crippen LogP contribution in [0.4, 0.5) is 14.5 Å². The van der Waals surface area contributed by atoms with Gasteiger partial charge >= 0.3 is 0 Å². The van der Waals surface area contributed by atoms with Crippen molar-refractivity contribution in [1.29, 1.82) is 0 Å². The number of rotatable bonds is 6. The molecule has 0 aliphatic heterocycles. The van der Waals surface area contributed by atoms with Gasteiger partial charge < -0.3 is 5.32 Å². The van der Waals surface area contributed by atoms with Gasteiger partial charge in [-0.25, -0.2) is 26.5 Å². The minimum absolute atomic E-state index is 0.147. The molecule has 1 aromatic heterocycles. The van der Waals surface area contributed by atoms with Gasteiger partial charge in [0.05, 0.1) is 35.7 Å². The second-order valence-electron chi connectivity index (χ2n) is 4.64. The fraction of sp³-hybridized carbons (Fsp3) is 0.250. The smallest absolute Gasteiger partial charge is 0.263 e. The van der Waals surface area contributed by atoms with Crippen LogP contribution in [0.25, 0.3) is 0 Å². The maximum absolute atomic E-state index is 12.8. The van der Waals surface area contributed by atoms with E-state index in [4.69, 9.17) is 0 Å². The Balaban J connectivity index is 2.21. The first-order valence-electron chi connectivity index (χ1n) is 6.40. The molecule has 0 saturated carbocycles. The number of hydrogen-bond donors (Lipinski definition) is 2. The van der Waals surface area contributed by atoms with Crippen LogP contribution in [0.5, 0.6) is 0 Å². The molecule has 0 atom stereocenters. The van der Waals surface area contributed by atoms with E-state index in [2.05, 4.69) is 28.2 Å². The van der Waals surface area contributed by atoms with Crippen molar-refractivity contribution in [3.63, 3.8) is 0 Å². The minimum Gasteiger partial charge on any atom is -0.338 e. The highest BCUT2D eigenvalue weighted by Gasteiger charge is 2.18. The van der Waals surface area contributed by atoms with Gasteiger partial charge in [0.1, 0.15) is 5.69 Å². The predicted molar refractivity (Wildman–Crippen MR) is 91.6 cm³/mol. The summed E-state index contributed by atoms with van der Waals surface area (Å²) in [5, 5.41) is 10.1. The molecule has 0 aliphatic rings. The van der Waals surface area contributed by atoms with E-state index in [1.165, 1.54) is 18.2 Å². The summed E-state index contributed by atoms with van der Waals surface area (Å²) in [7, 11) is -3.43. The monoisotopic (exact) mass is 471 g/mol. The zero-order chi connectivity index (χ0) is 17.7. The van der Waals surface area contributed by atoms with Gasteiger partial charge in [0.25, 0.3) is 6.43 Å². The Hall–Kier alpha value is -1.67. The van der Waals surface area contributed by atoms with E-state index >= 15 is 0 Å². The molecule has 1 aromatic carbocycles. The highest BCUT2D eigenvalue weighted by molar-refractivity contribution is 14.1. The molecule has 0 saturated heterocycles. The molecule has 24 heavy (non-hydrogen) atoms. The molecule has 8 nitrogen and oxygen atoms in total. The van der Waals surface area contributed by atoms with E-state index < -0.39 is 16.4 Å². The SMILES string of the molecule is CS(=O)(=O)NCc1nonc1C(=NI)Nc1cccc(C(F)F)c1. The van der Waals surface area contributed by atoms with Gasteiger partial charge in [-0.3, -0.25) is 0 Å². The van der Waals surface area contributed by atoms with E-state index in [1.807, 2.05) is 0 Å². The Bertz CT molecular complexity index is 841. The lowest BCUT2D eigenvalue weighted by Crippen LogP contribution is -2.24. The summed E-state index contributed by atoms with van der Waals surface area (Å²) in [6.07, 6.45) is -1.60. The van der Waals surface area contributed by atoms with Crippen molar-refractivity contribution >= 4 is 44.4 Å². The number of alkyl halides is 2. The van der Waals surface area contributed by atoms with Crippen molar-refractivity contribution in [3.8, 4) is 0 Å². The van der Waals surface area contributed by atoms with Crippen LogP contribution in [-0.2, 0) is 16.6 Å². The van der Waals surface area contributed by atoms with E-state index in [0.29, 0.717) is 5.69 Å². The standard InChI is InChI=1S/C12H12F2IN5O3S/c1-24(21,22)16-6-9-10(20-23-19-9)12(18-15)17-8-4-2-3-7(5-8)11(13)14/h2-5,11,16H,6H2,1H3,(H,17,18). The van der Waals surface area contributed by atoms with Crippen LogP contribution in [0.2, 0.25) is 0 Å². The van der Waals surface area contributed by atoms with Crippen molar-refractivity contribution in [1.82, 2.24) is 15.0 Å². The van der Waals surface area contributed by atoms with Gasteiger partial charge in [0.2, 0.25) is 10.0 Å². The molecule has 2 rings (SSSR count). The second-order valence-corrected chi connectivity index (χ2v) is 6.95. The molecule has 130 valence electrons. The summed E-state index contributed by atoms with van der Waals surface area (Å²) in [6, 6.07) is 5.63. The maximum atomic E-state index is 12.8. The van der Waals surface area contributed by atoms with E-state index in [9.17, 15) is 17.2 Å². The number of nitrogens with zero attached hydrogens (tertiary/aromatic N) is 3. The van der Waals surface area contributed by atoms with Crippen LogP contribution < -0.4 is 10.0 Å².